The number of hydrogen-bond donors (Lipinski definition) is 2. The van der Waals surface area contributed by atoms with Crippen molar-refractivity contribution in [2.75, 3.05) is 11.9 Å². The number of aromatic hydroxyl groups is 1. The summed E-state index contributed by atoms with van der Waals surface area (Å²) >= 11 is 6.18. The van der Waals surface area contributed by atoms with Crippen molar-refractivity contribution in [3.8, 4) is 6.01 Å². The molecule has 3 aromatic rings. The largest absolute Gasteiger partial charge is 0.479 e. The zero-order valence-corrected chi connectivity index (χ0v) is 13.6. The molecule has 1 aliphatic rings. The molecule has 0 aliphatic carbocycles. The van der Waals surface area contributed by atoms with Crippen LogP contribution in [0.4, 0.5) is 11.5 Å². The molecule has 0 bridgehead atoms. The number of halogens is 1. The van der Waals surface area contributed by atoms with Crippen molar-refractivity contribution in [2.24, 2.45) is 0 Å². The fourth-order valence-corrected chi connectivity index (χ4v) is 3.02. The normalized spacial score (nSPS) is 18.0. The fraction of sp³-hybridized carbons (Fsp3) is 0.312. The van der Waals surface area contributed by atoms with Gasteiger partial charge < -0.3 is 15.2 Å². The smallest absolute Gasteiger partial charge is 0.318 e. The van der Waals surface area contributed by atoms with E-state index in [1.807, 2.05) is 22.8 Å². The number of nitrogens with one attached hydrogen (secondary N) is 1. The summed E-state index contributed by atoms with van der Waals surface area (Å²) in [5, 5.41) is 13.6. The van der Waals surface area contributed by atoms with Gasteiger partial charge in [0.05, 0.1) is 17.0 Å². The number of ether oxygens (including phenoxy) is 1. The van der Waals surface area contributed by atoms with Crippen LogP contribution in [0.3, 0.4) is 0 Å². The Bertz CT molecular complexity index is 876. The molecule has 1 unspecified atom stereocenters. The van der Waals surface area contributed by atoms with Crippen LogP contribution in [-0.4, -0.2) is 31.2 Å². The zero-order chi connectivity index (χ0) is 16.5. The highest BCUT2D eigenvalue weighted by atomic mass is 35.5. The number of hydrogen-bond acceptors (Lipinski definition) is 6. The minimum Gasteiger partial charge on any atom is -0.479 e. The second kappa shape index (κ2) is 6.26. The van der Waals surface area contributed by atoms with Crippen LogP contribution in [-0.2, 0) is 4.74 Å². The van der Waals surface area contributed by atoms with E-state index >= 15 is 0 Å². The van der Waals surface area contributed by atoms with Gasteiger partial charge in [0.2, 0.25) is 0 Å². The molecule has 0 saturated carbocycles. The van der Waals surface area contributed by atoms with E-state index in [2.05, 4.69) is 20.3 Å². The summed E-state index contributed by atoms with van der Waals surface area (Å²) in [6, 6.07) is 6.98. The van der Waals surface area contributed by atoms with E-state index in [9.17, 15) is 5.11 Å². The van der Waals surface area contributed by atoms with Gasteiger partial charge in [-0.05, 0) is 31.4 Å². The molecule has 8 heteroatoms. The van der Waals surface area contributed by atoms with Gasteiger partial charge in [0, 0.05) is 6.61 Å². The monoisotopic (exact) mass is 345 g/mol. The molecule has 1 fully saturated rings. The van der Waals surface area contributed by atoms with Gasteiger partial charge in [-0.15, -0.1) is 0 Å². The van der Waals surface area contributed by atoms with Gasteiger partial charge in [-0.25, -0.2) is 4.98 Å². The maximum Gasteiger partial charge on any atom is 0.318 e. The molecule has 1 aliphatic heterocycles. The number of fused-ring (bicyclic) bond motifs is 1. The second-order valence-corrected chi connectivity index (χ2v) is 6.03. The van der Waals surface area contributed by atoms with Crippen molar-refractivity contribution < 1.29 is 9.84 Å². The number of nitrogens with zero attached hydrogens (tertiary/aromatic N) is 4. The summed E-state index contributed by atoms with van der Waals surface area (Å²) in [4.78, 5) is 12.6. The summed E-state index contributed by atoms with van der Waals surface area (Å²) < 4.78 is 7.63. The van der Waals surface area contributed by atoms with Crippen LogP contribution in [0, 0.1) is 0 Å². The minimum atomic E-state index is -0.324. The Morgan fingerprint density at radius 2 is 2.12 bits per heavy atom. The van der Waals surface area contributed by atoms with Crippen molar-refractivity contribution in [3.05, 3.63) is 35.6 Å². The van der Waals surface area contributed by atoms with Gasteiger partial charge in [0.25, 0.3) is 0 Å². The van der Waals surface area contributed by atoms with E-state index in [0.29, 0.717) is 34.3 Å². The molecule has 1 atom stereocenters. The Morgan fingerprint density at radius 1 is 1.25 bits per heavy atom. The van der Waals surface area contributed by atoms with Crippen LogP contribution in [0.1, 0.15) is 25.5 Å². The van der Waals surface area contributed by atoms with E-state index in [0.717, 1.165) is 19.3 Å². The number of benzene rings is 1. The molecule has 124 valence electrons. The fourth-order valence-electron chi connectivity index (χ4n) is 2.84. The lowest BCUT2D eigenvalue weighted by Gasteiger charge is -2.23. The quantitative estimate of drug-likeness (QED) is 0.754. The molecule has 3 heterocycles. The van der Waals surface area contributed by atoms with Gasteiger partial charge in [-0.2, -0.15) is 9.97 Å². The van der Waals surface area contributed by atoms with Gasteiger partial charge in [0.1, 0.15) is 6.23 Å². The molecule has 0 spiro atoms. The highest BCUT2D eigenvalue weighted by molar-refractivity contribution is 6.33. The Morgan fingerprint density at radius 3 is 2.92 bits per heavy atom. The summed E-state index contributed by atoms with van der Waals surface area (Å²) in [6.07, 6.45) is 4.59. The number of aromatic nitrogens is 4. The first-order chi connectivity index (χ1) is 11.7. The molecule has 1 saturated heterocycles. The second-order valence-electron chi connectivity index (χ2n) is 5.62. The lowest BCUT2D eigenvalue weighted by molar-refractivity contribution is -0.0298. The first-order valence-electron chi connectivity index (χ1n) is 7.79. The van der Waals surface area contributed by atoms with Gasteiger partial charge in [-0.1, -0.05) is 23.7 Å². The number of imidazole rings is 1. The highest BCUT2D eigenvalue weighted by Gasteiger charge is 2.21. The third kappa shape index (κ3) is 2.76. The lowest BCUT2D eigenvalue weighted by Crippen LogP contribution is -2.17. The van der Waals surface area contributed by atoms with E-state index in [1.54, 1.807) is 12.4 Å². The molecule has 7 nitrogen and oxygen atoms in total. The summed E-state index contributed by atoms with van der Waals surface area (Å²) in [5.41, 5.74) is 1.77. The maximum absolute atomic E-state index is 9.92. The van der Waals surface area contributed by atoms with Gasteiger partial charge >= 0.3 is 6.01 Å². The average molecular weight is 346 g/mol. The molecule has 2 N–H and O–H groups in total. The van der Waals surface area contributed by atoms with Crippen LogP contribution < -0.4 is 5.32 Å². The van der Waals surface area contributed by atoms with Crippen molar-refractivity contribution >= 4 is 34.3 Å². The highest BCUT2D eigenvalue weighted by Crippen LogP contribution is 2.31. The van der Waals surface area contributed by atoms with E-state index in [-0.39, 0.29) is 12.2 Å². The molecule has 0 amide bonds. The molecule has 4 rings (SSSR count). The molecular weight excluding hydrogens is 330 g/mol. The van der Waals surface area contributed by atoms with Crippen LogP contribution in [0.25, 0.3) is 11.2 Å². The molecular formula is C16H16ClN5O2. The Hall–Kier alpha value is -2.38. The minimum absolute atomic E-state index is 0.119. The van der Waals surface area contributed by atoms with Gasteiger partial charge in [0.15, 0.2) is 17.0 Å². The van der Waals surface area contributed by atoms with E-state index in [4.69, 9.17) is 16.3 Å². The predicted octanol–water partition coefficient (Wildman–Crippen LogP) is 3.63. The third-order valence-corrected chi connectivity index (χ3v) is 4.33. The van der Waals surface area contributed by atoms with Crippen LogP contribution in [0.2, 0.25) is 5.02 Å². The Balaban J connectivity index is 1.76. The zero-order valence-electron chi connectivity index (χ0n) is 12.8. The third-order valence-electron chi connectivity index (χ3n) is 4.00. The van der Waals surface area contributed by atoms with Crippen LogP contribution in [0.5, 0.6) is 6.01 Å². The van der Waals surface area contributed by atoms with Crippen molar-refractivity contribution in [3.63, 3.8) is 0 Å². The van der Waals surface area contributed by atoms with Crippen LogP contribution in [0.15, 0.2) is 30.6 Å². The lowest BCUT2D eigenvalue weighted by atomic mass is 10.2. The SMILES string of the molecule is Oc1nc(Nc2ccccc2Cl)c2ncn(C3CCCCO3)c2n1. The van der Waals surface area contributed by atoms with Gasteiger partial charge in [-0.3, -0.25) is 4.57 Å². The summed E-state index contributed by atoms with van der Waals surface area (Å²) in [7, 11) is 0. The summed E-state index contributed by atoms with van der Waals surface area (Å²) in [5.74, 6) is 0.403. The first kappa shape index (κ1) is 15.2. The molecule has 1 aromatic carbocycles. The average Bonchev–Trinajstić information content (AvgIpc) is 3.01. The number of para-hydroxylation sites is 1. The first-order valence-corrected chi connectivity index (χ1v) is 8.17. The van der Waals surface area contributed by atoms with Crippen molar-refractivity contribution in [1.82, 2.24) is 19.5 Å². The number of anilines is 2. The Kier molecular flexibility index (Phi) is 3.95. The topological polar surface area (TPSA) is 85.1 Å². The van der Waals surface area contributed by atoms with E-state index in [1.165, 1.54) is 0 Å². The predicted molar refractivity (Wildman–Crippen MR) is 90.6 cm³/mol. The van der Waals surface area contributed by atoms with E-state index < -0.39 is 0 Å². The Labute approximate surface area is 143 Å². The number of rotatable bonds is 3. The molecule has 2 aromatic heterocycles. The van der Waals surface area contributed by atoms with Crippen LogP contribution >= 0.6 is 11.6 Å². The standard InChI is InChI=1S/C16H16ClN5O2/c17-10-5-1-2-6-11(10)19-14-13-15(21-16(23)20-14)22(9-18-13)12-7-3-4-8-24-12/h1-2,5-6,9,12H,3-4,7-8H2,(H2,19,20,21,23). The van der Waals surface area contributed by atoms with Crippen molar-refractivity contribution in [2.45, 2.75) is 25.5 Å². The van der Waals surface area contributed by atoms with Crippen molar-refractivity contribution in [1.29, 1.82) is 0 Å². The molecule has 0 radical (unpaired) electrons. The maximum atomic E-state index is 9.92. The molecule has 24 heavy (non-hydrogen) atoms. The summed E-state index contributed by atoms with van der Waals surface area (Å²) in [6.45, 7) is 0.714.